The third kappa shape index (κ3) is 4.22. The van der Waals surface area contributed by atoms with E-state index in [1.807, 2.05) is 11.8 Å². The summed E-state index contributed by atoms with van der Waals surface area (Å²) in [7, 11) is 0. The number of fused-ring (bicyclic) bond motifs is 1. The SMILES string of the molecule is C[C@@H](N1CCc2nc(-c3cncc(F)c3)sc2C1)[C@](O)(C[n+]1cnc[nH]1)c1ccc(F)cc1F. The molecule has 0 saturated carbocycles. The third-order valence-corrected chi connectivity index (χ3v) is 7.40. The first-order valence-electron chi connectivity index (χ1n) is 10.7. The second-order valence-electron chi connectivity index (χ2n) is 8.38. The van der Waals surface area contributed by atoms with Gasteiger partial charge in [0.25, 0.3) is 0 Å². The van der Waals surface area contributed by atoms with Gasteiger partial charge < -0.3 is 5.11 Å². The van der Waals surface area contributed by atoms with Crippen molar-refractivity contribution >= 4 is 11.3 Å². The highest BCUT2D eigenvalue weighted by Gasteiger charge is 2.44. The van der Waals surface area contributed by atoms with Crippen LogP contribution in [0.5, 0.6) is 0 Å². The van der Waals surface area contributed by atoms with E-state index in [1.54, 1.807) is 10.9 Å². The normalized spacial score (nSPS) is 16.7. The van der Waals surface area contributed by atoms with Crippen LogP contribution in [0.25, 0.3) is 10.6 Å². The second-order valence-corrected chi connectivity index (χ2v) is 9.46. The Morgan fingerprint density at radius 1 is 1.21 bits per heavy atom. The predicted octanol–water partition coefficient (Wildman–Crippen LogP) is 2.97. The minimum Gasteiger partial charge on any atom is -0.379 e. The smallest absolute Gasteiger partial charge is 0.306 e. The summed E-state index contributed by atoms with van der Waals surface area (Å²) in [6, 6.07) is 4.06. The van der Waals surface area contributed by atoms with Gasteiger partial charge in [-0.25, -0.2) is 18.2 Å². The number of pyridine rings is 1. The van der Waals surface area contributed by atoms with Crippen LogP contribution in [0, 0.1) is 17.5 Å². The van der Waals surface area contributed by atoms with Crippen LogP contribution >= 0.6 is 11.3 Å². The lowest BCUT2D eigenvalue weighted by atomic mass is 9.85. The molecule has 0 bridgehead atoms. The highest BCUT2D eigenvalue weighted by molar-refractivity contribution is 7.15. The van der Waals surface area contributed by atoms with Crippen molar-refractivity contribution in [2.75, 3.05) is 6.54 Å². The van der Waals surface area contributed by atoms with Gasteiger partial charge in [-0.1, -0.05) is 6.07 Å². The summed E-state index contributed by atoms with van der Waals surface area (Å²) >= 11 is 1.45. The first kappa shape index (κ1) is 22.6. The maximum Gasteiger partial charge on any atom is 0.306 e. The summed E-state index contributed by atoms with van der Waals surface area (Å²) in [6.07, 6.45) is 6.30. The molecule has 0 fully saturated rings. The van der Waals surface area contributed by atoms with E-state index in [2.05, 4.69) is 20.1 Å². The Bertz CT molecular complexity index is 1310. The Balaban J connectivity index is 1.46. The quantitative estimate of drug-likeness (QED) is 0.409. The number of aliphatic hydroxyl groups is 1. The van der Waals surface area contributed by atoms with E-state index in [9.17, 15) is 18.3 Å². The Labute approximate surface area is 197 Å². The Morgan fingerprint density at radius 2 is 2.06 bits per heavy atom. The molecule has 0 radical (unpaired) electrons. The average Bonchev–Trinajstić information content (AvgIpc) is 3.47. The molecule has 1 aliphatic rings. The lowest BCUT2D eigenvalue weighted by Gasteiger charge is -2.41. The lowest BCUT2D eigenvalue weighted by Crippen LogP contribution is -2.58. The molecule has 0 saturated heterocycles. The fourth-order valence-corrected chi connectivity index (χ4v) is 5.50. The van der Waals surface area contributed by atoms with Crippen molar-refractivity contribution in [3.63, 3.8) is 0 Å². The maximum atomic E-state index is 14.9. The van der Waals surface area contributed by atoms with Gasteiger partial charge in [-0.05, 0) is 24.0 Å². The molecule has 0 spiro atoms. The van der Waals surface area contributed by atoms with Crippen molar-refractivity contribution in [1.82, 2.24) is 25.0 Å². The van der Waals surface area contributed by atoms with Crippen LogP contribution in [0.15, 0.2) is 49.3 Å². The summed E-state index contributed by atoms with van der Waals surface area (Å²) in [6.45, 7) is 2.87. The zero-order valence-corrected chi connectivity index (χ0v) is 19.1. The number of halogens is 3. The lowest BCUT2D eigenvalue weighted by molar-refractivity contribution is -0.765. The van der Waals surface area contributed by atoms with Gasteiger partial charge in [0.2, 0.25) is 6.33 Å². The Kier molecular flexibility index (Phi) is 5.92. The fourth-order valence-electron chi connectivity index (χ4n) is 4.38. The monoisotopic (exact) mass is 487 g/mol. The van der Waals surface area contributed by atoms with Crippen LogP contribution < -0.4 is 4.68 Å². The number of aromatic amines is 1. The van der Waals surface area contributed by atoms with E-state index in [4.69, 9.17) is 0 Å². The van der Waals surface area contributed by atoms with Crippen molar-refractivity contribution < 1.29 is 23.0 Å². The van der Waals surface area contributed by atoms with Gasteiger partial charge in [-0.2, -0.15) is 9.78 Å². The number of aromatic nitrogens is 5. The molecule has 7 nitrogen and oxygen atoms in total. The number of nitrogens with one attached hydrogen (secondary N) is 1. The van der Waals surface area contributed by atoms with E-state index < -0.39 is 29.1 Å². The van der Waals surface area contributed by atoms with Crippen LogP contribution in [0.3, 0.4) is 0 Å². The molecule has 0 unspecified atom stereocenters. The van der Waals surface area contributed by atoms with Crippen molar-refractivity contribution in [3.05, 3.63) is 82.9 Å². The number of rotatable bonds is 6. The van der Waals surface area contributed by atoms with Crippen molar-refractivity contribution in [3.8, 4) is 10.6 Å². The number of benzene rings is 1. The highest BCUT2D eigenvalue weighted by Crippen LogP contribution is 2.36. The summed E-state index contributed by atoms with van der Waals surface area (Å²) < 4.78 is 43.7. The molecule has 1 aromatic carbocycles. The first-order chi connectivity index (χ1) is 16.3. The van der Waals surface area contributed by atoms with E-state index in [-0.39, 0.29) is 12.1 Å². The summed E-state index contributed by atoms with van der Waals surface area (Å²) in [5.74, 6) is -1.95. The van der Waals surface area contributed by atoms with Gasteiger partial charge in [-0.3, -0.25) is 9.88 Å². The van der Waals surface area contributed by atoms with Crippen molar-refractivity contribution in [2.24, 2.45) is 0 Å². The molecule has 2 atom stereocenters. The zero-order chi connectivity index (χ0) is 23.9. The molecule has 2 N–H and O–H groups in total. The molecule has 176 valence electrons. The summed E-state index contributed by atoms with van der Waals surface area (Å²) in [5, 5.41) is 15.4. The number of nitrogens with zero attached hydrogens (tertiary/aromatic N) is 5. The fraction of sp³-hybridized carbons (Fsp3) is 0.304. The van der Waals surface area contributed by atoms with E-state index in [1.165, 1.54) is 36.1 Å². The second kappa shape index (κ2) is 8.90. The van der Waals surface area contributed by atoms with Gasteiger partial charge in [0.15, 0.2) is 0 Å². The standard InChI is InChI=1S/C23H21F3N6OS/c1-14(23(33,11-32-13-28-12-29-32)18-3-2-16(24)7-19(18)26)31-5-4-20-21(10-31)34-22(30-20)15-6-17(25)9-27-8-15/h2-3,6-9,12-14,33H,4-5,10-11H2,1H3/p+1/t14-,23-/m1/s1. The largest absolute Gasteiger partial charge is 0.379 e. The van der Waals surface area contributed by atoms with Crippen molar-refractivity contribution in [2.45, 2.75) is 38.1 Å². The summed E-state index contributed by atoms with van der Waals surface area (Å²) in [4.78, 5) is 15.6. The molecule has 0 aliphatic carbocycles. The molecule has 4 heterocycles. The molecule has 0 amide bonds. The zero-order valence-electron chi connectivity index (χ0n) is 18.3. The van der Waals surface area contributed by atoms with Crippen LogP contribution in [-0.2, 0) is 25.1 Å². The van der Waals surface area contributed by atoms with Crippen LogP contribution in [-0.4, -0.2) is 42.6 Å². The Morgan fingerprint density at radius 3 is 2.79 bits per heavy atom. The highest BCUT2D eigenvalue weighted by atomic mass is 32.1. The molecular formula is C23H22F3N6OS+. The molecule has 34 heavy (non-hydrogen) atoms. The van der Waals surface area contributed by atoms with Gasteiger partial charge in [0.1, 0.15) is 34.6 Å². The number of H-pyrrole nitrogens is 1. The molecule has 4 aromatic rings. The minimum atomic E-state index is -1.69. The van der Waals surface area contributed by atoms with E-state index in [0.717, 1.165) is 28.9 Å². The molecule has 11 heteroatoms. The predicted molar refractivity (Wildman–Crippen MR) is 118 cm³/mol. The van der Waals surface area contributed by atoms with Gasteiger partial charge in [0.05, 0.1) is 11.9 Å². The van der Waals surface area contributed by atoms with Crippen LogP contribution in [0.2, 0.25) is 0 Å². The van der Waals surface area contributed by atoms with Crippen LogP contribution in [0.1, 0.15) is 23.1 Å². The minimum absolute atomic E-state index is 0.00475. The summed E-state index contributed by atoms with van der Waals surface area (Å²) in [5.41, 5.74) is -0.149. The molecular weight excluding hydrogens is 465 g/mol. The topological polar surface area (TPSA) is 81.8 Å². The van der Waals surface area contributed by atoms with Crippen LogP contribution in [0.4, 0.5) is 13.2 Å². The Hall–Kier alpha value is -3.15. The van der Waals surface area contributed by atoms with Gasteiger partial charge >= 0.3 is 6.33 Å². The molecule has 1 aliphatic heterocycles. The third-order valence-electron chi connectivity index (χ3n) is 6.26. The van der Waals surface area contributed by atoms with E-state index >= 15 is 0 Å². The number of hydrogen-bond acceptors (Lipinski definition) is 6. The maximum absolute atomic E-state index is 14.9. The first-order valence-corrected chi connectivity index (χ1v) is 11.5. The van der Waals surface area contributed by atoms with Gasteiger partial charge in [-0.15, -0.1) is 11.3 Å². The van der Waals surface area contributed by atoms with Gasteiger partial charge in [0, 0.05) is 53.8 Å². The van der Waals surface area contributed by atoms with E-state index in [0.29, 0.717) is 30.1 Å². The number of thiazole rings is 1. The number of hydrogen-bond donors (Lipinski definition) is 2. The molecule has 3 aromatic heterocycles. The molecule has 5 rings (SSSR count). The van der Waals surface area contributed by atoms with Crippen molar-refractivity contribution in [1.29, 1.82) is 0 Å². The average molecular weight is 488 g/mol.